The molecule has 3 heteroatoms. The van der Waals surface area contributed by atoms with E-state index in [1.54, 1.807) is 6.08 Å². The Morgan fingerprint density at radius 2 is 1.80 bits per heavy atom. The van der Waals surface area contributed by atoms with Crippen molar-refractivity contribution in [3.05, 3.63) is 41.0 Å². The van der Waals surface area contributed by atoms with Gasteiger partial charge in [-0.1, -0.05) is 18.9 Å². The third kappa shape index (κ3) is 2.54. The Labute approximate surface area is 117 Å². The quantitative estimate of drug-likeness (QED) is 0.726. The predicted molar refractivity (Wildman–Crippen MR) is 74.0 cm³/mol. The summed E-state index contributed by atoms with van der Waals surface area (Å²) in [5, 5.41) is 0. The van der Waals surface area contributed by atoms with Crippen molar-refractivity contribution in [2.45, 2.75) is 38.5 Å². The minimum Gasteiger partial charge on any atom is -0.294 e. The molecular formula is C17H18F2O. The molecule has 0 N–H and O–H groups in total. The van der Waals surface area contributed by atoms with Crippen LogP contribution in [-0.2, 0) is 4.79 Å². The zero-order valence-corrected chi connectivity index (χ0v) is 11.4. The molecule has 2 saturated carbocycles. The van der Waals surface area contributed by atoms with E-state index < -0.39 is 11.6 Å². The van der Waals surface area contributed by atoms with Gasteiger partial charge in [-0.15, -0.1) is 0 Å². The molecule has 2 aliphatic carbocycles. The minimum atomic E-state index is -0.864. The Hall–Kier alpha value is -1.51. The highest BCUT2D eigenvalue weighted by molar-refractivity contribution is 6.03. The van der Waals surface area contributed by atoms with E-state index in [4.69, 9.17) is 0 Å². The summed E-state index contributed by atoms with van der Waals surface area (Å²) in [6.07, 6.45) is 8.19. The first-order chi connectivity index (χ1) is 9.65. The lowest BCUT2D eigenvalue weighted by molar-refractivity contribution is -0.119. The van der Waals surface area contributed by atoms with Crippen LogP contribution >= 0.6 is 0 Å². The van der Waals surface area contributed by atoms with Gasteiger partial charge in [-0.25, -0.2) is 8.78 Å². The van der Waals surface area contributed by atoms with Crippen molar-refractivity contribution in [1.82, 2.24) is 0 Å². The first-order valence-electron chi connectivity index (χ1n) is 7.35. The molecule has 0 aliphatic heterocycles. The molecule has 0 spiro atoms. The zero-order valence-electron chi connectivity index (χ0n) is 11.4. The molecule has 20 heavy (non-hydrogen) atoms. The molecule has 0 heterocycles. The van der Waals surface area contributed by atoms with Gasteiger partial charge in [0.1, 0.15) is 0 Å². The van der Waals surface area contributed by atoms with Gasteiger partial charge in [0.25, 0.3) is 0 Å². The van der Waals surface area contributed by atoms with Crippen molar-refractivity contribution in [3.63, 3.8) is 0 Å². The monoisotopic (exact) mass is 276 g/mol. The molecule has 0 bridgehead atoms. The molecule has 0 unspecified atom stereocenters. The second kappa shape index (κ2) is 5.47. The fourth-order valence-corrected chi connectivity index (χ4v) is 3.56. The molecule has 0 radical (unpaired) electrons. The molecular weight excluding hydrogens is 258 g/mol. The van der Waals surface area contributed by atoms with E-state index in [1.165, 1.54) is 18.9 Å². The van der Waals surface area contributed by atoms with E-state index >= 15 is 0 Å². The van der Waals surface area contributed by atoms with Crippen molar-refractivity contribution >= 4 is 11.9 Å². The molecule has 0 amide bonds. The molecule has 1 nitrogen and oxygen atoms in total. The van der Waals surface area contributed by atoms with Gasteiger partial charge in [-0.2, -0.15) is 0 Å². The zero-order chi connectivity index (χ0) is 14.1. The Kier molecular flexibility index (Phi) is 3.68. The van der Waals surface area contributed by atoms with Gasteiger partial charge >= 0.3 is 0 Å². The second-order valence-corrected chi connectivity index (χ2v) is 5.90. The Morgan fingerprint density at radius 3 is 2.50 bits per heavy atom. The Morgan fingerprint density at radius 1 is 1.05 bits per heavy atom. The van der Waals surface area contributed by atoms with Crippen molar-refractivity contribution in [2.75, 3.05) is 0 Å². The van der Waals surface area contributed by atoms with Gasteiger partial charge in [0.15, 0.2) is 17.4 Å². The van der Waals surface area contributed by atoms with E-state index in [-0.39, 0.29) is 11.7 Å². The third-order valence-corrected chi connectivity index (χ3v) is 4.63. The lowest BCUT2D eigenvalue weighted by Crippen LogP contribution is -2.16. The van der Waals surface area contributed by atoms with Crippen molar-refractivity contribution < 1.29 is 13.6 Å². The van der Waals surface area contributed by atoms with Gasteiger partial charge in [-0.3, -0.25) is 4.79 Å². The summed E-state index contributed by atoms with van der Waals surface area (Å²) >= 11 is 0. The summed E-state index contributed by atoms with van der Waals surface area (Å²) in [7, 11) is 0. The first kappa shape index (κ1) is 13.5. The van der Waals surface area contributed by atoms with Gasteiger partial charge in [-0.05, 0) is 60.9 Å². The molecule has 0 aromatic heterocycles. The van der Waals surface area contributed by atoms with Crippen LogP contribution < -0.4 is 0 Å². The number of rotatable bonds is 2. The van der Waals surface area contributed by atoms with Gasteiger partial charge < -0.3 is 0 Å². The SMILES string of the molecule is O=C1/C(=C/c2ccc(F)c(F)c2)CC[C@H]1C1CCCC1. The van der Waals surface area contributed by atoms with Crippen LogP contribution in [0.15, 0.2) is 23.8 Å². The molecule has 1 aromatic carbocycles. The van der Waals surface area contributed by atoms with Gasteiger partial charge in [0, 0.05) is 5.92 Å². The number of benzene rings is 1. The van der Waals surface area contributed by atoms with Crippen molar-refractivity contribution in [3.8, 4) is 0 Å². The topological polar surface area (TPSA) is 17.1 Å². The number of carbonyl (C=O) groups is 1. The normalized spacial score (nSPS) is 25.8. The second-order valence-electron chi connectivity index (χ2n) is 5.90. The van der Waals surface area contributed by atoms with Gasteiger partial charge in [0.05, 0.1) is 0 Å². The maximum atomic E-state index is 13.2. The summed E-state index contributed by atoms with van der Waals surface area (Å²) in [5.74, 6) is -0.792. The maximum Gasteiger partial charge on any atom is 0.162 e. The Bertz CT molecular complexity index is 556. The number of hydrogen-bond acceptors (Lipinski definition) is 1. The van der Waals surface area contributed by atoms with Crippen LogP contribution in [0.1, 0.15) is 44.1 Å². The summed E-state index contributed by atoms with van der Waals surface area (Å²) < 4.78 is 26.1. The lowest BCUT2D eigenvalue weighted by atomic mass is 9.88. The standard InChI is InChI=1S/C17H18F2O/c18-15-8-5-11(10-16(15)19)9-13-6-7-14(17(13)20)12-3-1-2-4-12/h5,8-10,12,14H,1-4,6-7H2/b13-9+/t14-/m0/s1. The van der Waals surface area contributed by atoms with Gasteiger partial charge in [0.2, 0.25) is 0 Å². The molecule has 2 fully saturated rings. The molecule has 0 saturated heterocycles. The summed E-state index contributed by atoms with van der Waals surface area (Å²) in [5.41, 5.74) is 1.34. The largest absolute Gasteiger partial charge is 0.294 e. The Balaban J connectivity index is 1.78. The number of hydrogen-bond donors (Lipinski definition) is 0. The molecule has 3 rings (SSSR count). The summed E-state index contributed by atoms with van der Waals surface area (Å²) in [6.45, 7) is 0. The van der Waals surface area contributed by atoms with E-state index in [2.05, 4.69) is 0 Å². The highest BCUT2D eigenvalue weighted by Gasteiger charge is 2.36. The molecule has 1 aromatic rings. The number of ketones is 1. The predicted octanol–water partition coefficient (Wildman–Crippen LogP) is 4.52. The number of Topliss-reactive ketones (excluding diaryl/α,β-unsaturated/α-hetero) is 1. The third-order valence-electron chi connectivity index (χ3n) is 4.63. The summed E-state index contributed by atoms with van der Waals surface area (Å²) in [6, 6.07) is 3.77. The number of halogens is 2. The number of allylic oxidation sites excluding steroid dienone is 1. The molecule has 2 aliphatic rings. The van der Waals surface area contributed by atoms with E-state index in [0.717, 1.165) is 43.4 Å². The fourth-order valence-electron chi connectivity index (χ4n) is 3.56. The van der Waals surface area contributed by atoms with Crippen LogP contribution in [0, 0.1) is 23.5 Å². The highest BCUT2D eigenvalue weighted by Crippen LogP contribution is 2.40. The molecule has 106 valence electrons. The van der Waals surface area contributed by atoms with E-state index in [0.29, 0.717) is 11.5 Å². The maximum absolute atomic E-state index is 13.2. The molecule has 1 atom stereocenters. The fraction of sp³-hybridized carbons (Fsp3) is 0.471. The average molecular weight is 276 g/mol. The average Bonchev–Trinajstić information content (AvgIpc) is 3.05. The van der Waals surface area contributed by atoms with Crippen LogP contribution in [0.25, 0.3) is 6.08 Å². The van der Waals surface area contributed by atoms with Crippen LogP contribution in [0.5, 0.6) is 0 Å². The minimum absolute atomic E-state index is 0.161. The van der Waals surface area contributed by atoms with Crippen LogP contribution in [-0.4, -0.2) is 5.78 Å². The smallest absolute Gasteiger partial charge is 0.162 e. The highest BCUT2D eigenvalue weighted by atomic mass is 19.2. The number of carbonyl (C=O) groups excluding carboxylic acids is 1. The van der Waals surface area contributed by atoms with E-state index in [1.807, 2.05) is 0 Å². The lowest BCUT2D eigenvalue weighted by Gasteiger charge is -2.15. The van der Waals surface area contributed by atoms with Crippen LogP contribution in [0.4, 0.5) is 8.78 Å². The van der Waals surface area contributed by atoms with E-state index in [9.17, 15) is 13.6 Å². The van der Waals surface area contributed by atoms with Crippen LogP contribution in [0.2, 0.25) is 0 Å². The van der Waals surface area contributed by atoms with Crippen molar-refractivity contribution in [2.24, 2.45) is 11.8 Å². The summed E-state index contributed by atoms with van der Waals surface area (Å²) in [4.78, 5) is 12.4. The first-order valence-corrected chi connectivity index (χ1v) is 7.35. The van der Waals surface area contributed by atoms with Crippen LogP contribution in [0.3, 0.4) is 0 Å². The van der Waals surface area contributed by atoms with Crippen molar-refractivity contribution in [1.29, 1.82) is 0 Å².